The number of amides is 1. The number of ether oxygens (including phenoxy) is 1. The Bertz CT molecular complexity index is 891. The molecular formula is C21H23N3O3. The lowest BCUT2D eigenvalue weighted by molar-refractivity contribution is 0.0300. The van der Waals surface area contributed by atoms with Crippen LogP contribution in [0.1, 0.15) is 58.0 Å². The van der Waals surface area contributed by atoms with Crippen LogP contribution in [0, 0.1) is 13.8 Å². The van der Waals surface area contributed by atoms with Crippen LogP contribution in [0.5, 0.6) is 5.75 Å². The van der Waals surface area contributed by atoms with E-state index in [1.54, 1.807) is 13.0 Å². The second-order valence-electron chi connectivity index (χ2n) is 7.47. The van der Waals surface area contributed by atoms with Gasteiger partial charge in [-0.1, -0.05) is 12.1 Å². The van der Waals surface area contributed by atoms with Gasteiger partial charge in [-0.05, 0) is 44.9 Å². The smallest absolute Gasteiger partial charge is 0.272 e. The van der Waals surface area contributed by atoms with Crippen molar-refractivity contribution >= 4 is 11.7 Å². The van der Waals surface area contributed by atoms with Gasteiger partial charge in [0.15, 0.2) is 5.78 Å². The molecule has 1 spiro atoms. The fraction of sp³-hybridized carbons (Fsp3) is 0.429. The first-order valence-corrected chi connectivity index (χ1v) is 9.39. The number of nitrogens with zero attached hydrogens (tertiary/aromatic N) is 3. The number of likely N-dealkylation sites (tertiary alicyclic amines) is 1. The minimum absolute atomic E-state index is 0.0804. The van der Waals surface area contributed by atoms with Gasteiger partial charge in [-0.15, -0.1) is 0 Å². The van der Waals surface area contributed by atoms with E-state index in [0.717, 1.165) is 18.5 Å². The van der Waals surface area contributed by atoms with E-state index >= 15 is 0 Å². The Morgan fingerprint density at radius 3 is 2.78 bits per heavy atom. The summed E-state index contributed by atoms with van der Waals surface area (Å²) < 4.78 is 6.30. The van der Waals surface area contributed by atoms with Gasteiger partial charge in [-0.3, -0.25) is 9.59 Å². The van der Waals surface area contributed by atoms with E-state index in [1.165, 1.54) is 0 Å². The second-order valence-corrected chi connectivity index (χ2v) is 7.47. The summed E-state index contributed by atoms with van der Waals surface area (Å²) in [5.74, 6) is 1.31. The third-order valence-electron chi connectivity index (χ3n) is 5.37. The first kappa shape index (κ1) is 17.6. The number of aromatic nitrogens is 2. The molecule has 2 aliphatic heterocycles. The lowest BCUT2D eigenvalue weighted by Crippen LogP contribution is -2.43. The number of aryl methyl sites for hydroxylation is 2. The van der Waals surface area contributed by atoms with Gasteiger partial charge in [0.25, 0.3) is 5.91 Å². The molecule has 1 amide bonds. The molecule has 1 aromatic heterocycles. The fourth-order valence-electron chi connectivity index (χ4n) is 4.08. The lowest BCUT2D eigenvalue weighted by Gasteiger charge is -2.37. The van der Waals surface area contributed by atoms with Crippen molar-refractivity contribution in [3.05, 3.63) is 53.1 Å². The summed E-state index contributed by atoms with van der Waals surface area (Å²) in [5.41, 5.74) is 1.36. The van der Waals surface area contributed by atoms with E-state index in [-0.39, 0.29) is 11.7 Å². The van der Waals surface area contributed by atoms with Crippen LogP contribution in [0.2, 0.25) is 0 Å². The molecule has 0 saturated carbocycles. The largest absolute Gasteiger partial charge is 0.486 e. The average Bonchev–Trinajstić information content (AvgIpc) is 2.83. The van der Waals surface area contributed by atoms with Gasteiger partial charge in [0.2, 0.25) is 0 Å². The Morgan fingerprint density at radius 1 is 1.15 bits per heavy atom. The molecule has 4 rings (SSSR count). The van der Waals surface area contributed by atoms with Gasteiger partial charge >= 0.3 is 0 Å². The molecular weight excluding hydrogens is 342 g/mol. The van der Waals surface area contributed by atoms with E-state index in [1.807, 2.05) is 36.1 Å². The molecule has 1 aromatic carbocycles. The van der Waals surface area contributed by atoms with Crippen molar-refractivity contribution in [2.75, 3.05) is 13.1 Å². The minimum Gasteiger partial charge on any atom is -0.486 e. The Labute approximate surface area is 158 Å². The monoisotopic (exact) mass is 365 g/mol. The maximum absolute atomic E-state index is 12.9. The van der Waals surface area contributed by atoms with Gasteiger partial charge in [-0.25, -0.2) is 9.97 Å². The zero-order chi connectivity index (χ0) is 19.0. The Kier molecular flexibility index (Phi) is 4.42. The predicted molar refractivity (Wildman–Crippen MR) is 100 cm³/mol. The predicted octanol–water partition coefficient (Wildman–Crippen LogP) is 3.12. The van der Waals surface area contributed by atoms with E-state index in [9.17, 15) is 9.59 Å². The molecule has 0 bridgehead atoms. The third kappa shape index (κ3) is 3.44. The molecule has 6 nitrogen and oxygen atoms in total. The van der Waals surface area contributed by atoms with Gasteiger partial charge < -0.3 is 9.64 Å². The summed E-state index contributed by atoms with van der Waals surface area (Å²) in [6.45, 7) is 4.85. The van der Waals surface area contributed by atoms with Crippen molar-refractivity contribution in [1.82, 2.24) is 14.9 Å². The molecule has 1 saturated heterocycles. The minimum atomic E-state index is -0.516. The number of rotatable bonds is 1. The SMILES string of the molecule is Cc1cc(C(=O)N2CCCC3(CC2)CC(=O)c2ccccc2O3)nc(C)n1. The van der Waals surface area contributed by atoms with Crippen LogP contribution in [-0.2, 0) is 0 Å². The summed E-state index contributed by atoms with van der Waals surface area (Å²) in [7, 11) is 0. The standard InChI is InChI=1S/C21H23N3O3/c1-14-12-17(23-15(2)22-14)20(26)24-10-5-8-21(9-11-24)13-18(25)16-6-3-4-7-19(16)27-21/h3-4,6-7,12H,5,8-11,13H2,1-2H3. The number of carbonyl (C=O) groups is 2. The highest BCUT2D eigenvalue weighted by molar-refractivity contribution is 6.00. The van der Waals surface area contributed by atoms with Crippen LogP contribution in [0.15, 0.2) is 30.3 Å². The zero-order valence-electron chi connectivity index (χ0n) is 15.7. The molecule has 1 unspecified atom stereocenters. The first-order chi connectivity index (χ1) is 13.0. The second kappa shape index (κ2) is 6.76. The number of hydrogen-bond acceptors (Lipinski definition) is 5. The number of fused-ring (bicyclic) bond motifs is 1. The molecule has 2 aliphatic rings. The van der Waals surface area contributed by atoms with E-state index < -0.39 is 5.60 Å². The van der Waals surface area contributed by atoms with Gasteiger partial charge in [-0.2, -0.15) is 0 Å². The number of ketones is 1. The summed E-state index contributed by atoms with van der Waals surface area (Å²) in [6, 6.07) is 9.15. The number of benzene rings is 1. The van der Waals surface area contributed by atoms with Crippen LogP contribution in [0.25, 0.3) is 0 Å². The molecule has 1 fully saturated rings. The Hall–Kier alpha value is -2.76. The normalized spacial score (nSPS) is 22.1. The van der Waals surface area contributed by atoms with Crippen LogP contribution in [0.3, 0.4) is 0 Å². The number of hydrogen-bond donors (Lipinski definition) is 0. The summed E-state index contributed by atoms with van der Waals surface area (Å²) in [5, 5.41) is 0. The van der Waals surface area contributed by atoms with Crippen LogP contribution in [-0.4, -0.2) is 45.2 Å². The third-order valence-corrected chi connectivity index (χ3v) is 5.37. The fourth-order valence-corrected chi connectivity index (χ4v) is 4.08. The summed E-state index contributed by atoms with van der Waals surface area (Å²) in [6.07, 6.45) is 2.57. The molecule has 140 valence electrons. The van der Waals surface area contributed by atoms with Gasteiger partial charge in [0.1, 0.15) is 22.9 Å². The highest BCUT2D eigenvalue weighted by atomic mass is 16.5. The Balaban J connectivity index is 1.53. The van der Waals surface area contributed by atoms with Crippen molar-refractivity contribution in [2.45, 2.75) is 45.1 Å². The molecule has 3 heterocycles. The van der Waals surface area contributed by atoms with Crippen LogP contribution >= 0.6 is 0 Å². The van der Waals surface area contributed by atoms with Gasteiger partial charge in [0.05, 0.1) is 12.0 Å². The molecule has 6 heteroatoms. The Morgan fingerprint density at radius 2 is 1.96 bits per heavy atom. The first-order valence-electron chi connectivity index (χ1n) is 9.39. The zero-order valence-corrected chi connectivity index (χ0v) is 15.7. The van der Waals surface area contributed by atoms with Crippen molar-refractivity contribution < 1.29 is 14.3 Å². The van der Waals surface area contributed by atoms with Gasteiger partial charge in [0, 0.05) is 25.2 Å². The average molecular weight is 365 g/mol. The van der Waals surface area contributed by atoms with E-state index in [2.05, 4.69) is 9.97 Å². The maximum Gasteiger partial charge on any atom is 0.272 e. The highest BCUT2D eigenvalue weighted by Crippen LogP contribution is 2.39. The molecule has 0 N–H and O–H groups in total. The van der Waals surface area contributed by atoms with Crippen LogP contribution < -0.4 is 4.74 Å². The van der Waals surface area contributed by atoms with Crippen LogP contribution in [0.4, 0.5) is 0 Å². The lowest BCUT2D eigenvalue weighted by atomic mass is 9.84. The van der Waals surface area contributed by atoms with Crippen molar-refractivity contribution in [3.8, 4) is 5.75 Å². The molecule has 2 aromatic rings. The quantitative estimate of drug-likeness (QED) is 0.776. The van der Waals surface area contributed by atoms with Crippen molar-refractivity contribution in [1.29, 1.82) is 0 Å². The molecule has 1 atom stereocenters. The molecule has 0 radical (unpaired) electrons. The number of carbonyl (C=O) groups excluding carboxylic acids is 2. The van der Waals surface area contributed by atoms with E-state index in [4.69, 9.17) is 4.74 Å². The molecule has 0 aliphatic carbocycles. The maximum atomic E-state index is 12.9. The van der Waals surface area contributed by atoms with Crippen molar-refractivity contribution in [2.24, 2.45) is 0 Å². The summed E-state index contributed by atoms with van der Waals surface area (Å²) >= 11 is 0. The number of para-hydroxylation sites is 1. The van der Waals surface area contributed by atoms with Crippen molar-refractivity contribution in [3.63, 3.8) is 0 Å². The highest BCUT2D eigenvalue weighted by Gasteiger charge is 2.42. The van der Waals surface area contributed by atoms with E-state index in [0.29, 0.717) is 48.8 Å². The summed E-state index contributed by atoms with van der Waals surface area (Å²) in [4.78, 5) is 35.9. The topological polar surface area (TPSA) is 72.4 Å². The number of Topliss-reactive ketones (excluding diaryl/α,β-unsaturated/α-hetero) is 1. The molecule has 27 heavy (non-hydrogen) atoms.